The van der Waals surface area contributed by atoms with E-state index in [2.05, 4.69) is 10.3 Å². The van der Waals surface area contributed by atoms with Crippen molar-refractivity contribution in [2.24, 2.45) is 16.5 Å². The van der Waals surface area contributed by atoms with Crippen LogP contribution >= 0.6 is 11.8 Å². The number of carbonyl (C=O) groups excluding carboxylic acids is 3. The molecule has 1 aromatic carbocycles. The number of carbonyl (C=O) groups is 3. The van der Waals surface area contributed by atoms with Gasteiger partial charge in [0.15, 0.2) is 11.7 Å². The van der Waals surface area contributed by atoms with Crippen LogP contribution in [0.25, 0.3) is 0 Å². The van der Waals surface area contributed by atoms with Crippen molar-refractivity contribution >= 4 is 41.0 Å². The van der Waals surface area contributed by atoms with Crippen molar-refractivity contribution in [2.75, 3.05) is 24.6 Å². The van der Waals surface area contributed by atoms with Gasteiger partial charge in [-0.1, -0.05) is 12.1 Å². The van der Waals surface area contributed by atoms with E-state index in [0.29, 0.717) is 38.0 Å². The number of aliphatic imine (C=N–C) groups is 1. The average molecular weight is 449 g/mol. The molecule has 31 heavy (non-hydrogen) atoms. The maximum Gasteiger partial charge on any atom is 0.243 e. The van der Waals surface area contributed by atoms with Crippen molar-refractivity contribution in [1.29, 1.82) is 0 Å². The largest absolute Gasteiger partial charge is 0.398 e. The third-order valence-electron chi connectivity index (χ3n) is 5.15. The zero-order valence-electron chi connectivity index (χ0n) is 17.9. The van der Waals surface area contributed by atoms with Gasteiger partial charge in [0.05, 0.1) is 11.8 Å². The molecule has 2 amide bonds. The quantitative estimate of drug-likeness (QED) is 0.136. The summed E-state index contributed by atoms with van der Waals surface area (Å²) in [4.78, 5) is 44.2. The highest BCUT2D eigenvalue weighted by Gasteiger charge is 2.32. The minimum absolute atomic E-state index is 0.0127. The summed E-state index contributed by atoms with van der Waals surface area (Å²) in [5.74, 6) is -0.384. The van der Waals surface area contributed by atoms with E-state index in [1.807, 2.05) is 18.2 Å². The summed E-state index contributed by atoms with van der Waals surface area (Å²) >= 11 is 1.34. The fourth-order valence-electron chi connectivity index (χ4n) is 3.53. The number of guanidine groups is 1. The molecule has 2 rings (SSSR count). The van der Waals surface area contributed by atoms with Crippen LogP contribution in [0, 0.1) is 0 Å². The van der Waals surface area contributed by atoms with Crippen LogP contribution in [0.1, 0.15) is 39.0 Å². The van der Waals surface area contributed by atoms with Gasteiger partial charge in [-0.05, 0) is 44.2 Å². The summed E-state index contributed by atoms with van der Waals surface area (Å²) in [5.41, 5.74) is 17.3. The van der Waals surface area contributed by atoms with Crippen LogP contribution in [0.15, 0.2) is 34.2 Å². The Balaban J connectivity index is 2.04. The van der Waals surface area contributed by atoms with Crippen LogP contribution in [0.5, 0.6) is 0 Å². The number of para-hydroxylation sites is 1. The molecule has 1 heterocycles. The third-order valence-corrected chi connectivity index (χ3v) is 6.26. The number of piperidine rings is 1. The standard InChI is InChI=1S/C21H32N6O3S/c1-14(28)27-12-5-4-9-17(27)20(30)26-16(8-6-11-25-21(23)24)18(29)13-31-19-10-3-2-7-15(19)22/h2-3,7,10,16-17H,4-6,8-9,11-13,22H2,1H3,(H,26,30)(H4,23,24,25)/t16?,17-/m0/s1. The number of thioether (sulfide) groups is 1. The molecular formula is C21H32N6O3S. The lowest BCUT2D eigenvalue weighted by atomic mass is 10.00. The smallest absolute Gasteiger partial charge is 0.243 e. The number of likely N-dealkylation sites (tertiary alicyclic amines) is 1. The Morgan fingerprint density at radius 3 is 2.68 bits per heavy atom. The first-order valence-electron chi connectivity index (χ1n) is 10.4. The SMILES string of the molecule is CC(=O)N1CCCC[C@H]1C(=O)NC(CCCN=C(N)N)C(=O)CSc1ccccc1N. The molecule has 1 fully saturated rings. The monoisotopic (exact) mass is 448 g/mol. The lowest BCUT2D eigenvalue weighted by Crippen LogP contribution is -2.54. The van der Waals surface area contributed by atoms with Gasteiger partial charge in [-0.3, -0.25) is 19.4 Å². The second-order valence-corrected chi connectivity index (χ2v) is 8.54. The lowest BCUT2D eigenvalue weighted by molar-refractivity contribution is -0.141. The Bertz CT molecular complexity index is 812. The molecule has 0 bridgehead atoms. The molecule has 1 aromatic rings. The Kier molecular flexibility index (Phi) is 9.64. The number of rotatable bonds is 10. The molecule has 0 aliphatic carbocycles. The Hall–Kier alpha value is -2.75. The highest BCUT2D eigenvalue weighted by molar-refractivity contribution is 8.00. The average Bonchev–Trinajstić information content (AvgIpc) is 2.74. The van der Waals surface area contributed by atoms with Crippen LogP contribution in [-0.4, -0.2) is 59.4 Å². The van der Waals surface area contributed by atoms with Gasteiger partial charge in [0.1, 0.15) is 6.04 Å². The molecular weight excluding hydrogens is 416 g/mol. The number of ketones is 1. The zero-order chi connectivity index (χ0) is 22.8. The van der Waals surface area contributed by atoms with Crippen molar-refractivity contribution in [2.45, 2.75) is 56.0 Å². The maximum absolute atomic E-state index is 12.9. The first-order valence-corrected chi connectivity index (χ1v) is 11.4. The van der Waals surface area contributed by atoms with Gasteiger partial charge in [-0.25, -0.2) is 0 Å². The van der Waals surface area contributed by atoms with Crippen LogP contribution in [0.3, 0.4) is 0 Å². The normalized spacial score (nSPS) is 16.9. The van der Waals surface area contributed by atoms with E-state index in [0.717, 1.165) is 17.7 Å². The topological polar surface area (TPSA) is 157 Å². The molecule has 0 radical (unpaired) electrons. The van der Waals surface area contributed by atoms with Gasteiger partial charge < -0.3 is 27.4 Å². The van der Waals surface area contributed by atoms with Gasteiger partial charge in [-0.15, -0.1) is 11.8 Å². The molecule has 10 heteroatoms. The van der Waals surface area contributed by atoms with E-state index in [4.69, 9.17) is 17.2 Å². The Morgan fingerprint density at radius 2 is 2.00 bits per heavy atom. The first-order chi connectivity index (χ1) is 14.8. The van der Waals surface area contributed by atoms with E-state index in [1.54, 1.807) is 11.0 Å². The molecule has 0 aromatic heterocycles. The highest BCUT2D eigenvalue weighted by Crippen LogP contribution is 2.25. The first kappa shape index (κ1) is 24.5. The number of Topliss-reactive ketones (excluding diaryl/α,β-unsaturated/α-hetero) is 1. The predicted molar refractivity (Wildman–Crippen MR) is 123 cm³/mol. The molecule has 0 spiro atoms. The highest BCUT2D eigenvalue weighted by atomic mass is 32.2. The fourth-order valence-corrected chi connectivity index (χ4v) is 4.44. The molecule has 170 valence electrons. The zero-order valence-corrected chi connectivity index (χ0v) is 18.7. The van der Waals surface area contributed by atoms with Crippen molar-refractivity contribution in [3.63, 3.8) is 0 Å². The fraction of sp³-hybridized carbons (Fsp3) is 0.524. The minimum atomic E-state index is -0.685. The van der Waals surface area contributed by atoms with Gasteiger partial charge in [0, 0.05) is 30.6 Å². The summed E-state index contributed by atoms with van der Waals surface area (Å²) < 4.78 is 0. The van der Waals surface area contributed by atoms with Crippen molar-refractivity contribution in [3.05, 3.63) is 24.3 Å². The molecule has 1 saturated heterocycles. The third kappa shape index (κ3) is 7.78. The van der Waals surface area contributed by atoms with E-state index in [-0.39, 0.29) is 29.3 Å². The second kappa shape index (κ2) is 12.2. The molecule has 7 N–H and O–H groups in total. The molecule has 0 saturated carbocycles. The number of hydrogen-bond acceptors (Lipinski definition) is 6. The number of anilines is 1. The number of hydrogen-bond donors (Lipinski definition) is 4. The molecule has 9 nitrogen and oxygen atoms in total. The predicted octanol–water partition coefficient (Wildman–Crippen LogP) is 0.869. The van der Waals surface area contributed by atoms with Gasteiger partial charge in [-0.2, -0.15) is 0 Å². The number of nitrogens with zero attached hydrogens (tertiary/aromatic N) is 2. The van der Waals surface area contributed by atoms with Crippen LogP contribution in [0.2, 0.25) is 0 Å². The molecule has 1 aliphatic heterocycles. The number of benzene rings is 1. The van der Waals surface area contributed by atoms with Crippen LogP contribution < -0.4 is 22.5 Å². The number of amides is 2. The molecule has 2 atom stereocenters. The maximum atomic E-state index is 12.9. The lowest BCUT2D eigenvalue weighted by Gasteiger charge is -2.34. The van der Waals surface area contributed by atoms with Gasteiger partial charge in [0.2, 0.25) is 11.8 Å². The second-order valence-electron chi connectivity index (χ2n) is 7.53. The van der Waals surface area contributed by atoms with Crippen molar-refractivity contribution in [1.82, 2.24) is 10.2 Å². The van der Waals surface area contributed by atoms with Crippen molar-refractivity contribution < 1.29 is 14.4 Å². The van der Waals surface area contributed by atoms with E-state index in [1.165, 1.54) is 18.7 Å². The van der Waals surface area contributed by atoms with Crippen LogP contribution in [-0.2, 0) is 14.4 Å². The summed E-state index contributed by atoms with van der Waals surface area (Å²) in [6.45, 7) is 2.38. The Labute approximate surface area is 187 Å². The van der Waals surface area contributed by atoms with E-state index < -0.39 is 12.1 Å². The summed E-state index contributed by atoms with van der Waals surface area (Å²) in [6, 6.07) is 6.09. The number of nitrogens with two attached hydrogens (primary N) is 3. The number of nitrogens with one attached hydrogen (secondary N) is 1. The molecule has 1 aliphatic rings. The summed E-state index contributed by atoms with van der Waals surface area (Å²) in [5, 5.41) is 2.87. The Morgan fingerprint density at radius 1 is 1.26 bits per heavy atom. The van der Waals surface area contributed by atoms with Gasteiger partial charge >= 0.3 is 0 Å². The summed E-state index contributed by atoms with van der Waals surface area (Å²) in [7, 11) is 0. The van der Waals surface area contributed by atoms with E-state index >= 15 is 0 Å². The summed E-state index contributed by atoms with van der Waals surface area (Å²) in [6.07, 6.45) is 3.27. The van der Waals surface area contributed by atoms with Crippen molar-refractivity contribution in [3.8, 4) is 0 Å². The van der Waals surface area contributed by atoms with Crippen LogP contribution in [0.4, 0.5) is 5.69 Å². The van der Waals surface area contributed by atoms with E-state index in [9.17, 15) is 14.4 Å². The minimum Gasteiger partial charge on any atom is -0.398 e. The number of nitrogen functional groups attached to an aromatic ring is 1. The molecule has 1 unspecified atom stereocenters. The van der Waals surface area contributed by atoms with Gasteiger partial charge in [0.25, 0.3) is 0 Å².